The summed E-state index contributed by atoms with van der Waals surface area (Å²) >= 11 is 0. The minimum absolute atomic E-state index is 0.672. The van der Waals surface area contributed by atoms with Gasteiger partial charge in [-0.05, 0) is 24.0 Å². The molecule has 0 radical (unpaired) electrons. The molecule has 0 unspecified atom stereocenters. The molecule has 0 aliphatic carbocycles. The lowest BCUT2D eigenvalue weighted by atomic mass is 10.1. The zero-order valence-corrected chi connectivity index (χ0v) is 9.09. The van der Waals surface area contributed by atoms with E-state index in [-0.39, 0.29) is 0 Å². The van der Waals surface area contributed by atoms with E-state index in [1.165, 1.54) is 5.56 Å². The molecule has 2 heterocycles. The molecular formula is C12H15N3. The van der Waals surface area contributed by atoms with Crippen LogP contribution >= 0.6 is 0 Å². The maximum absolute atomic E-state index is 4.40. The first kappa shape index (κ1) is 9.90. The number of aromatic nitrogens is 3. The molecule has 0 saturated carbocycles. The van der Waals surface area contributed by atoms with Crippen molar-refractivity contribution < 1.29 is 0 Å². The van der Waals surface area contributed by atoms with Gasteiger partial charge in [-0.15, -0.1) is 0 Å². The number of hydrogen-bond donors (Lipinski definition) is 0. The molecule has 3 nitrogen and oxygen atoms in total. The minimum Gasteiger partial charge on any atom is -0.291 e. The van der Waals surface area contributed by atoms with Crippen LogP contribution in [0.5, 0.6) is 0 Å². The molecule has 3 heteroatoms. The molecular weight excluding hydrogens is 186 g/mol. The van der Waals surface area contributed by atoms with Crippen LogP contribution in [0.25, 0.3) is 5.82 Å². The number of rotatable bonds is 3. The fourth-order valence-electron chi connectivity index (χ4n) is 1.56. The van der Waals surface area contributed by atoms with Crippen LogP contribution in [-0.2, 0) is 6.42 Å². The van der Waals surface area contributed by atoms with Gasteiger partial charge in [-0.3, -0.25) is 4.57 Å². The van der Waals surface area contributed by atoms with Gasteiger partial charge in [0.1, 0.15) is 12.1 Å². The Morgan fingerprint density at radius 2 is 2.20 bits per heavy atom. The van der Waals surface area contributed by atoms with Gasteiger partial charge in [0.25, 0.3) is 0 Å². The SMILES string of the molecule is CC(C)Cc1ccc(-n2ccnc2)nc1. The van der Waals surface area contributed by atoms with Crippen molar-refractivity contribution in [3.8, 4) is 5.82 Å². The maximum atomic E-state index is 4.40. The first-order valence-electron chi connectivity index (χ1n) is 5.19. The molecule has 15 heavy (non-hydrogen) atoms. The zero-order valence-electron chi connectivity index (χ0n) is 9.09. The number of pyridine rings is 1. The largest absolute Gasteiger partial charge is 0.291 e. The Hall–Kier alpha value is -1.64. The van der Waals surface area contributed by atoms with Crippen molar-refractivity contribution in [1.82, 2.24) is 14.5 Å². The van der Waals surface area contributed by atoms with E-state index in [1.807, 2.05) is 23.0 Å². The predicted molar refractivity (Wildman–Crippen MR) is 59.9 cm³/mol. The quantitative estimate of drug-likeness (QED) is 0.763. The van der Waals surface area contributed by atoms with E-state index < -0.39 is 0 Å². The fraction of sp³-hybridized carbons (Fsp3) is 0.333. The minimum atomic E-state index is 0.672. The van der Waals surface area contributed by atoms with E-state index in [4.69, 9.17) is 0 Å². The second kappa shape index (κ2) is 4.26. The van der Waals surface area contributed by atoms with Gasteiger partial charge in [0, 0.05) is 18.6 Å². The Morgan fingerprint density at radius 1 is 1.33 bits per heavy atom. The number of nitrogens with zero attached hydrogens (tertiary/aromatic N) is 3. The summed E-state index contributed by atoms with van der Waals surface area (Å²) in [5.41, 5.74) is 1.29. The van der Waals surface area contributed by atoms with Crippen molar-refractivity contribution in [1.29, 1.82) is 0 Å². The van der Waals surface area contributed by atoms with Crippen LogP contribution < -0.4 is 0 Å². The molecule has 2 aromatic heterocycles. The number of imidazole rings is 1. The molecule has 2 rings (SSSR count). The smallest absolute Gasteiger partial charge is 0.137 e. The van der Waals surface area contributed by atoms with E-state index in [1.54, 1.807) is 12.5 Å². The average Bonchev–Trinajstić information content (AvgIpc) is 2.71. The standard InChI is InChI=1S/C12H15N3/c1-10(2)7-11-3-4-12(14-8-11)15-6-5-13-9-15/h3-6,8-10H,7H2,1-2H3. The summed E-state index contributed by atoms with van der Waals surface area (Å²) in [5, 5.41) is 0. The molecule has 78 valence electrons. The molecule has 0 aromatic carbocycles. The predicted octanol–water partition coefficient (Wildman–Crippen LogP) is 2.47. The Labute approximate surface area is 89.8 Å². The molecule has 0 bridgehead atoms. The van der Waals surface area contributed by atoms with Gasteiger partial charge in [-0.25, -0.2) is 9.97 Å². The third-order valence-electron chi connectivity index (χ3n) is 2.22. The van der Waals surface area contributed by atoms with Crippen molar-refractivity contribution in [2.24, 2.45) is 5.92 Å². The second-order valence-corrected chi connectivity index (χ2v) is 4.09. The van der Waals surface area contributed by atoms with E-state index in [2.05, 4.69) is 29.9 Å². The molecule has 0 atom stereocenters. The summed E-state index contributed by atoms with van der Waals surface area (Å²) in [7, 11) is 0. The van der Waals surface area contributed by atoms with Crippen LogP contribution in [0.4, 0.5) is 0 Å². The van der Waals surface area contributed by atoms with Gasteiger partial charge in [-0.2, -0.15) is 0 Å². The van der Waals surface area contributed by atoms with Crippen molar-refractivity contribution in [3.63, 3.8) is 0 Å². The van der Waals surface area contributed by atoms with Crippen molar-refractivity contribution in [2.45, 2.75) is 20.3 Å². The van der Waals surface area contributed by atoms with Gasteiger partial charge in [0.05, 0.1) is 0 Å². The lowest BCUT2D eigenvalue weighted by molar-refractivity contribution is 0.645. The molecule has 0 saturated heterocycles. The zero-order chi connectivity index (χ0) is 10.7. The molecule has 0 aliphatic heterocycles. The summed E-state index contributed by atoms with van der Waals surface area (Å²) in [6.07, 6.45) is 8.42. The molecule has 0 aliphatic rings. The highest BCUT2D eigenvalue weighted by Crippen LogP contribution is 2.09. The van der Waals surface area contributed by atoms with E-state index in [0.29, 0.717) is 5.92 Å². The monoisotopic (exact) mass is 201 g/mol. The lowest BCUT2D eigenvalue weighted by Crippen LogP contribution is -1.98. The highest BCUT2D eigenvalue weighted by Gasteiger charge is 2.00. The Morgan fingerprint density at radius 3 is 2.73 bits per heavy atom. The van der Waals surface area contributed by atoms with Crippen LogP contribution in [0.2, 0.25) is 0 Å². The molecule has 2 aromatic rings. The molecule has 0 N–H and O–H groups in total. The summed E-state index contributed by atoms with van der Waals surface area (Å²) in [6, 6.07) is 4.15. The third kappa shape index (κ3) is 2.43. The fourth-order valence-corrected chi connectivity index (χ4v) is 1.56. The molecule has 0 fully saturated rings. The second-order valence-electron chi connectivity index (χ2n) is 4.09. The lowest BCUT2D eigenvalue weighted by Gasteiger charge is -2.05. The first-order chi connectivity index (χ1) is 7.25. The Kier molecular flexibility index (Phi) is 2.81. The number of hydrogen-bond acceptors (Lipinski definition) is 2. The van der Waals surface area contributed by atoms with E-state index >= 15 is 0 Å². The van der Waals surface area contributed by atoms with Crippen LogP contribution in [0.3, 0.4) is 0 Å². The summed E-state index contributed by atoms with van der Waals surface area (Å²) in [4.78, 5) is 8.39. The van der Waals surface area contributed by atoms with Crippen LogP contribution in [-0.4, -0.2) is 14.5 Å². The van der Waals surface area contributed by atoms with Crippen LogP contribution in [0, 0.1) is 5.92 Å². The Balaban J connectivity index is 2.17. The normalized spacial score (nSPS) is 10.9. The third-order valence-corrected chi connectivity index (χ3v) is 2.22. The van der Waals surface area contributed by atoms with Crippen molar-refractivity contribution in [3.05, 3.63) is 42.6 Å². The van der Waals surface area contributed by atoms with Crippen molar-refractivity contribution in [2.75, 3.05) is 0 Å². The van der Waals surface area contributed by atoms with Gasteiger partial charge >= 0.3 is 0 Å². The maximum Gasteiger partial charge on any atom is 0.137 e. The van der Waals surface area contributed by atoms with E-state index in [0.717, 1.165) is 12.2 Å². The summed E-state index contributed by atoms with van der Waals surface area (Å²) < 4.78 is 1.90. The van der Waals surface area contributed by atoms with E-state index in [9.17, 15) is 0 Å². The highest BCUT2D eigenvalue weighted by molar-refractivity contribution is 5.25. The molecule has 0 amide bonds. The highest BCUT2D eigenvalue weighted by atomic mass is 15.1. The Bertz CT molecular complexity index is 401. The summed E-state index contributed by atoms with van der Waals surface area (Å²) in [6.45, 7) is 4.42. The molecule has 0 spiro atoms. The van der Waals surface area contributed by atoms with Gasteiger partial charge in [0.2, 0.25) is 0 Å². The van der Waals surface area contributed by atoms with Gasteiger partial charge in [0.15, 0.2) is 0 Å². The van der Waals surface area contributed by atoms with Gasteiger partial charge in [-0.1, -0.05) is 19.9 Å². The van der Waals surface area contributed by atoms with Crippen LogP contribution in [0.1, 0.15) is 19.4 Å². The first-order valence-corrected chi connectivity index (χ1v) is 5.19. The average molecular weight is 201 g/mol. The topological polar surface area (TPSA) is 30.7 Å². The van der Waals surface area contributed by atoms with Crippen LogP contribution in [0.15, 0.2) is 37.1 Å². The van der Waals surface area contributed by atoms with Crippen molar-refractivity contribution >= 4 is 0 Å². The van der Waals surface area contributed by atoms with Gasteiger partial charge < -0.3 is 0 Å². The summed E-state index contributed by atoms with van der Waals surface area (Å²) in [5.74, 6) is 1.59.